The van der Waals surface area contributed by atoms with Gasteiger partial charge in [-0.3, -0.25) is 9.97 Å². The zero-order valence-corrected chi connectivity index (χ0v) is 11.8. The Morgan fingerprint density at radius 1 is 1.10 bits per heavy atom. The minimum atomic E-state index is -0.270. The van der Waals surface area contributed by atoms with E-state index in [9.17, 15) is 0 Å². The molecule has 4 heteroatoms. The monoisotopic (exact) mass is 283 g/mol. The number of nitrogens with zero attached hydrogens (tertiary/aromatic N) is 2. The predicted octanol–water partition coefficient (Wildman–Crippen LogP) is 3.64. The van der Waals surface area contributed by atoms with Crippen LogP contribution in [0.15, 0.2) is 48.8 Å². The summed E-state index contributed by atoms with van der Waals surface area (Å²) in [5.41, 5.74) is 11.0. The molecule has 3 nitrogen and oxygen atoms in total. The maximum atomic E-state index is 6.37. The molecule has 0 saturated heterocycles. The summed E-state index contributed by atoms with van der Waals surface area (Å²) in [5.74, 6) is 0. The first-order valence-electron chi connectivity index (χ1n) is 6.38. The Morgan fingerprint density at radius 3 is 2.70 bits per heavy atom. The molecule has 0 spiro atoms. The predicted molar refractivity (Wildman–Crippen MR) is 81.8 cm³/mol. The van der Waals surface area contributed by atoms with Crippen LogP contribution < -0.4 is 5.73 Å². The fraction of sp³-hybridized carbons (Fsp3) is 0.125. The second kappa shape index (κ2) is 5.19. The molecule has 2 N–H and O–H groups in total. The normalized spacial score (nSPS) is 12.6. The fourth-order valence-corrected chi connectivity index (χ4v) is 2.44. The molecule has 0 fully saturated rings. The van der Waals surface area contributed by atoms with Gasteiger partial charge in [-0.05, 0) is 30.2 Å². The number of benzene rings is 2. The van der Waals surface area contributed by atoms with Crippen molar-refractivity contribution in [1.29, 1.82) is 0 Å². The van der Waals surface area contributed by atoms with E-state index in [1.54, 1.807) is 12.4 Å². The highest BCUT2D eigenvalue weighted by atomic mass is 35.5. The quantitative estimate of drug-likeness (QED) is 0.781. The lowest BCUT2D eigenvalue weighted by atomic mass is 9.97. The molecule has 20 heavy (non-hydrogen) atoms. The average Bonchev–Trinajstić information content (AvgIpc) is 2.49. The van der Waals surface area contributed by atoms with Crippen LogP contribution in [-0.2, 0) is 0 Å². The van der Waals surface area contributed by atoms with Crippen LogP contribution in [-0.4, -0.2) is 9.97 Å². The SMILES string of the molecule is Cc1ccc(C(N)c2cccc3nccnc23)cc1Cl. The number of hydrogen-bond acceptors (Lipinski definition) is 3. The van der Waals surface area contributed by atoms with Crippen LogP contribution in [0.3, 0.4) is 0 Å². The van der Waals surface area contributed by atoms with Crippen molar-refractivity contribution in [2.75, 3.05) is 0 Å². The third-order valence-corrected chi connectivity index (χ3v) is 3.83. The van der Waals surface area contributed by atoms with E-state index in [-0.39, 0.29) is 6.04 Å². The summed E-state index contributed by atoms with van der Waals surface area (Å²) in [6.07, 6.45) is 3.36. The van der Waals surface area contributed by atoms with Gasteiger partial charge >= 0.3 is 0 Å². The number of aromatic nitrogens is 2. The Morgan fingerprint density at radius 2 is 1.90 bits per heavy atom. The number of rotatable bonds is 2. The lowest BCUT2D eigenvalue weighted by molar-refractivity contribution is 0.876. The van der Waals surface area contributed by atoms with Gasteiger partial charge in [-0.1, -0.05) is 35.9 Å². The highest BCUT2D eigenvalue weighted by Crippen LogP contribution is 2.27. The van der Waals surface area contributed by atoms with Gasteiger partial charge in [0.05, 0.1) is 17.1 Å². The van der Waals surface area contributed by atoms with Crippen molar-refractivity contribution >= 4 is 22.6 Å². The van der Waals surface area contributed by atoms with Gasteiger partial charge in [0.1, 0.15) is 0 Å². The van der Waals surface area contributed by atoms with Gasteiger partial charge in [0.2, 0.25) is 0 Å². The van der Waals surface area contributed by atoms with Gasteiger partial charge in [0.15, 0.2) is 0 Å². The summed E-state index contributed by atoms with van der Waals surface area (Å²) in [7, 11) is 0. The van der Waals surface area contributed by atoms with E-state index in [4.69, 9.17) is 17.3 Å². The smallest absolute Gasteiger partial charge is 0.0937 e. The van der Waals surface area contributed by atoms with E-state index in [0.717, 1.165) is 32.7 Å². The van der Waals surface area contributed by atoms with Crippen LogP contribution in [0, 0.1) is 6.92 Å². The molecule has 0 aliphatic heterocycles. The molecule has 0 saturated carbocycles. The van der Waals surface area contributed by atoms with Crippen molar-refractivity contribution in [3.05, 3.63) is 70.5 Å². The zero-order chi connectivity index (χ0) is 14.1. The summed E-state index contributed by atoms with van der Waals surface area (Å²) in [5, 5.41) is 0.726. The fourth-order valence-electron chi connectivity index (χ4n) is 2.25. The largest absolute Gasteiger partial charge is 0.320 e. The molecular weight excluding hydrogens is 270 g/mol. The lowest BCUT2D eigenvalue weighted by Gasteiger charge is -2.15. The van der Waals surface area contributed by atoms with Crippen molar-refractivity contribution in [3.63, 3.8) is 0 Å². The molecule has 0 amide bonds. The highest BCUT2D eigenvalue weighted by Gasteiger charge is 2.14. The standard InChI is InChI=1S/C16H14ClN3/c1-10-5-6-11(9-13(10)17)15(18)12-3-2-4-14-16(12)20-8-7-19-14/h2-9,15H,18H2,1H3. The Bertz CT molecular complexity index is 765. The van der Waals surface area contributed by atoms with Crippen molar-refractivity contribution < 1.29 is 0 Å². The van der Waals surface area contributed by atoms with E-state index < -0.39 is 0 Å². The Balaban J connectivity index is 2.12. The number of aryl methyl sites for hydroxylation is 1. The van der Waals surface area contributed by atoms with Crippen LogP contribution in [0.1, 0.15) is 22.7 Å². The van der Waals surface area contributed by atoms with Crippen molar-refractivity contribution in [2.24, 2.45) is 5.73 Å². The Kier molecular flexibility index (Phi) is 3.38. The molecule has 2 aromatic carbocycles. The minimum absolute atomic E-state index is 0.270. The summed E-state index contributed by atoms with van der Waals surface area (Å²) < 4.78 is 0. The Hall–Kier alpha value is -1.97. The molecule has 0 radical (unpaired) electrons. The number of nitrogens with two attached hydrogens (primary N) is 1. The lowest BCUT2D eigenvalue weighted by Crippen LogP contribution is -2.13. The van der Waals surface area contributed by atoms with Gasteiger partial charge in [-0.15, -0.1) is 0 Å². The summed E-state index contributed by atoms with van der Waals surface area (Å²) in [6, 6.07) is 11.5. The van der Waals surface area contributed by atoms with Crippen molar-refractivity contribution in [1.82, 2.24) is 9.97 Å². The maximum absolute atomic E-state index is 6.37. The summed E-state index contributed by atoms with van der Waals surface area (Å²) in [4.78, 5) is 8.70. The zero-order valence-electron chi connectivity index (χ0n) is 11.0. The van der Waals surface area contributed by atoms with Crippen LogP contribution in [0.4, 0.5) is 0 Å². The van der Waals surface area contributed by atoms with Crippen LogP contribution in [0.5, 0.6) is 0 Å². The van der Waals surface area contributed by atoms with E-state index in [0.29, 0.717) is 0 Å². The molecule has 1 heterocycles. The van der Waals surface area contributed by atoms with E-state index >= 15 is 0 Å². The maximum Gasteiger partial charge on any atom is 0.0937 e. The van der Waals surface area contributed by atoms with Gasteiger partial charge < -0.3 is 5.73 Å². The molecule has 1 unspecified atom stereocenters. The first-order valence-corrected chi connectivity index (χ1v) is 6.76. The van der Waals surface area contributed by atoms with Crippen LogP contribution >= 0.6 is 11.6 Å². The number of halogens is 1. The van der Waals surface area contributed by atoms with Crippen molar-refractivity contribution in [3.8, 4) is 0 Å². The molecule has 0 aliphatic rings. The topological polar surface area (TPSA) is 51.8 Å². The molecule has 100 valence electrons. The Labute approximate surface area is 122 Å². The summed E-state index contributed by atoms with van der Waals surface area (Å²) >= 11 is 6.18. The van der Waals surface area contributed by atoms with E-state index in [1.807, 2.05) is 43.3 Å². The molecule has 3 rings (SSSR count). The average molecular weight is 284 g/mol. The molecule has 1 aromatic heterocycles. The number of fused-ring (bicyclic) bond motifs is 1. The van der Waals surface area contributed by atoms with E-state index in [2.05, 4.69) is 9.97 Å². The van der Waals surface area contributed by atoms with Crippen LogP contribution in [0.25, 0.3) is 11.0 Å². The second-order valence-corrected chi connectivity index (χ2v) is 5.16. The highest BCUT2D eigenvalue weighted by molar-refractivity contribution is 6.31. The van der Waals surface area contributed by atoms with Gasteiger partial charge in [-0.25, -0.2) is 0 Å². The minimum Gasteiger partial charge on any atom is -0.320 e. The second-order valence-electron chi connectivity index (χ2n) is 4.76. The molecule has 0 bridgehead atoms. The number of hydrogen-bond donors (Lipinski definition) is 1. The van der Waals surface area contributed by atoms with E-state index in [1.165, 1.54) is 0 Å². The number of para-hydroxylation sites is 1. The first-order chi connectivity index (χ1) is 9.66. The molecule has 0 aliphatic carbocycles. The van der Waals surface area contributed by atoms with Gasteiger partial charge in [-0.2, -0.15) is 0 Å². The van der Waals surface area contributed by atoms with Crippen molar-refractivity contribution in [2.45, 2.75) is 13.0 Å². The summed E-state index contributed by atoms with van der Waals surface area (Å²) in [6.45, 7) is 1.97. The molecular formula is C16H14ClN3. The van der Waals surface area contributed by atoms with Crippen LogP contribution in [0.2, 0.25) is 5.02 Å². The third kappa shape index (κ3) is 2.26. The van der Waals surface area contributed by atoms with Gasteiger partial charge in [0, 0.05) is 23.0 Å². The third-order valence-electron chi connectivity index (χ3n) is 3.42. The molecule has 1 atom stereocenters. The first kappa shape index (κ1) is 13.0. The van der Waals surface area contributed by atoms with Gasteiger partial charge in [0.25, 0.3) is 0 Å². The molecule has 3 aromatic rings.